The lowest BCUT2D eigenvalue weighted by molar-refractivity contribution is 0.160. The second-order valence-electron chi connectivity index (χ2n) is 9.29. The summed E-state index contributed by atoms with van der Waals surface area (Å²) < 4.78 is 16.8. The summed E-state index contributed by atoms with van der Waals surface area (Å²) in [4.78, 5) is 2.46. The molecule has 0 radical (unpaired) electrons. The number of likely N-dealkylation sites (tertiary alicyclic amines) is 1. The number of ether oxygens (including phenoxy) is 3. The van der Waals surface area contributed by atoms with E-state index in [1.165, 1.54) is 12.8 Å². The maximum atomic E-state index is 10.9. The van der Waals surface area contributed by atoms with Gasteiger partial charge in [0.2, 0.25) is 0 Å². The monoisotopic (exact) mass is 455 g/mol. The molecule has 3 N–H and O–H groups in total. The lowest BCUT2D eigenvalue weighted by Crippen LogP contribution is -2.35. The van der Waals surface area contributed by atoms with Gasteiger partial charge in [-0.15, -0.1) is 0 Å². The van der Waals surface area contributed by atoms with E-state index in [-0.39, 0.29) is 23.8 Å². The van der Waals surface area contributed by atoms with E-state index in [1.54, 1.807) is 20.3 Å². The normalized spacial score (nSPS) is 24.1. The molecule has 3 atom stereocenters. The van der Waals surface area contributed by atoms with Crippen LogP contribution in [0.1, 0.15) is 49.8 Å². The van der Waals surface area contributed by atoms with Crippen molar-refractivity contribution in [2.24, 2.45) is 5.92 Å². The maximum Gasteiger partial charge on any atom is 0.160 e. The highest BCUT2D eigenvalue weighted by molar-refractivity contribution is 5.48. The van der Waals surface area contributed by atoms with Gasteiger partial charge in [-0.25, -0.2) is 5.43 Å². The summed E-state index contributed by atoms with van der Waals surface area (Å²) in [5.74, 6) is 3.26. The lowest BCUT2D eigenvalue weighted by atomic mass is 9.84. The molecular formula is C26H37N3O4. The molecular weight excluding hydrogens is 418 g/mol. The Labute approximate surface area is 197 Å². The third-order valence-corrected chi connectivity index (χ3v) is 7.05. The Morgan fingerprint density at radius 2 is 1.73 bits per heavy atom. The maximum absolute atomic E-state index is 10.9. The molecule has 7 nitrogen and oxygen atoms in total. The molecule has 4 rings (SSSR count). The first kappa shape index (κ1) is 23.7. The van der Waals surface area contributed by atoms with E-state index in [1.807, 2.05) is 24.3 Å². The molecule has 2 aliphatic heterocycles. The van der Waals surface area contributed by atoms with Crippen molar-refractivity contribution in [2.75, 3.05) is 40.5 Å². The van der Waals surface area contributed by atoms with Crippen LogP contribution in [0.25, 0.3) is 0 Å². The van der Waals surface area contributed by atoms with E-state index in [9.17, 15) is 5.11 Å². The van der Waals surface area contributed by atoms with E-state index in [0.717, 1.165) is 36.7 Å². The Bertz CT molecular complexity index is 930. The molecule has 7 heteroatoms. The average Bonchev–Trinajstić information content (AvgIpc) is 3.21. The number of phenolic OH excluding ortho intramolecular Hbond substituents is 1. The number of benzene rings is 2. The Morgan fingerprint density at radius 3 is 2.42 bits per heavy atom. The van der Waals surface area contributed by atoms with Gasteiger partial charge in [0, 0.05) is 30.1 Å². The van der Waals surface area contributed by atoms with Gasteiger partial charge in [0.15, 0.2) is 11.5 Å². The van der Waals surface area contributed by atoms with Gasteiger partial charge in [-0.2, -0.15) is 0 Å². The van der Waals surface area contributed by atoms with Crippen LogP contribution in [0, 0.1) is 5.92 Å². The topological polar surface area (TPSA) is 75.2 Å². The lowest BCUT2D eigenvalue weighted by Gasteiger charge is -2.30. The van der Waals surface area contributed by atoms with Crippen molar-refractivity contribution in [2.45, 2.75) is 44.7 Å². The second kappa shape index (κ2) is 10.6. The first-order valence-corrected chi connectivity index (χ1v) is 11.9. The van der Waals surface area contributed by atoms with E-state index in [0.29, 0.717) is 23.9 Å². The van der Waals surface area contributed by atoms with Crippen LogP contribution in [0.4, 0.5) is 0 Å². The summed E-state index contributed by atoms with van der Waals surface area (Å²) in [6, 6.07) is 11.7. The highest BCUT2D eigenvalue weighted by Crippen LogP contribution is 2.43. The first-order valence-electron chi connectivity index (χ1n) is 11.9. The predicted molar refractivity (Wildman–Crippen MR) is 129 cm³/mol. The van der Waals surface area contributed by atoms with Crippen molar-refractivity contribution in [3.63, 3.8) is 0 Å². The number of hydrogen-bond donors (Lipinski definition) is 3. The summed E-state index contributed by atoms with van der Waals surface area (Å²) in [6.45, 7) is 8.28. The second-order valence-corrected chi connectivity index (χ2v) is 9.29. The van der Waals surface area contributed by atoms with Crippen LogP contribution in [-0.2, 0) is 0 Å². The number of hydrogen-bond acceptors (Lipinski definition) is 7. The zero-order valence-corrected chi connectivity index (χ0v) is 20.1. The Morgan fingerprint density at radius 1 is 0.970 bits per heavy atom. The minimum Gasteiger partial charge on any atom is -0.507 e. The number of nitrogens with zero attached hydrogens (tertiary/aromatic N) is 1. The molecule has 0 bridgehead atoms. The van der Waals surface area contributed by atoms with Gasteiger partial charge >= 0.3 is 0 Å². The molecule has 0 saturated carbocycles. The molecule has 2 heterocycles. The summed E-state index contributed by atoms with van der Waals surface area (Å²) in [5, 5.41) is 10.9. The molecule has 2 aromatic rings. The van der Waals surface area contributed by atoms with Gasteiger partial charge in [-0.1, -0.05) is 19.1 Å². The molecule has 3 unspecified atom stereocenters. The summed E-state index contributed by atoms with van der Waals surface area (Å²) in [5.41, 5.74) is 8.63. The minimum absolute atomic E-state index is 0.0949. The van der Waals surface area contributed by atoms with Crippen LogP contribution >= 0.6 is 0 Å². The standard InChI is InChI=1S/C26H37N3O4/c1-17-9-11-29(12-10-17)13-14-33-20-6-7-21(22(30)16-20)26-25(18(2)27-28-26)19-5-8-23(31-3)24(15-19)32-4/h5-8,15-18,25-28,30H,9-14H2,1-4H3. The summed E-state index contributed by atoms with van der Waals surface area (Å²) in [7, 11) is 3.28. The van der Waals surface area contributed by atoms with E-state index >= 15 is 0 Å². The first-order chi connectivity index (χ1) is 16.0. The fourth-order valence-corrected chi connectivity index (χ4v) is 4.96. The molecule has 2 aromatic carbocycles. The van der Waals surface area contributed by atoms with Crippen LogP contribution in [0.2, 0.25) is 0 Å². The highest BCUT2D eigenvalue weighted by atomic mass is 16.5. The number of rotatable bonds is 8. The van der Waals surface area contributed by atoms with Gasteiger partial charge in [0.1, 0.15) is 18.1 Å². The third kappa shape index (κ3) is 5.37. The van der Waals surface area contributed by atoms with Crippen LogP contribution in [0.3, 0.4) is 0 Å². The fourth-order valence-electron chi connectivity index (χ4n) is 4.96. The molecule has 0 aromatic heterocycles. The van der Waals surface area contributed by atoms with Crippen molar-refractivity contribution in [1.29, 1.82) is 0 Å². The van der Waals surface area contributed by atoms with Crippen LogP contribution < -0.4 is 25.1 Å². The Hall–Kier alpha value is -2.48. The number of aromatic hydroxyl groups is 1. The van der Waals surface area contributed by atoms with Crippen LogP contribution in [-0.4, -0.2) is 56.5 Å². The van der Waals surface area contributed by atoms with Crippen LogP contribution in [0.5, 0.6) is 23.0 Å². The van der Waals surface area contributed by atoms with Gasteiger partial charge in [-0.05, 0) is 62.5 Å². The average molecular weight is 456 g/mol. The summed E-state index contributed by atoms with van der Waals surface area (Å²) >= 11 is 0. The molecule has 180 valence electrons. The van der Waals surface area contributed by atoms with Crippen molar-refractivity contribution >= 4 is 0 Å². The summed E-state index contributed by atoms with van der Waals surface area (Å²) in [6.07, 6.45) is 2.52. The fraction of sp³-hybridized carbons (Fsp3) is 0.538. The molecule has 2 saturated heterocycles. The van der Waals surface area contributed by atoms with Crippen molar-refractivity contribution in [1.82, 2.24) is 15.8 Å². The van der Waals surface area contributed by atoms with E-state index in [2.05, 4.69) is 35.7 Å². The van der Waals surface area contributed by atoms with Gasteiger partial charge < -0.3 is 19.3 Å². The highest BCUT2D eigenvalue weighted by Gasteiger charge is 2.37. The van der Waals surface area contributed by atoms with Gasteiger partial charge in [-0.3, -0.25) is 10.3 Å². The molecule has 0 spiro atoms. The molecule has 33 heavy (non-hydrogen) atoms. The number of methoxy groups -OCH3 is 2. The number of hydrazine groups is 1. The van der Waals surface area contributed by atoms with E-state index in [4.69, 9.17) is 14.2 Å². The minimum atomic E-state index is -0.0949. The smallest absolute Gasteiger partial charge is 0.160 e. The van der Waals surface area contributed by atoms with Crippen molar-refractivity contribution in [3.8, 4) is 23.0 Å². The molecule has 0 aliphatic carbocycles. The van der Waals surface area contributed by atoms with Crippen molar-refractivity contribution < 1.29 is 19.3 Å². The Kier molecular flexibility index (Phi) is 7.63. The number of phenols is 1. The zero-order valence-electron chi connectivity index (χ0n) is 20.1. The number of piperidine rings is 1. The van der Waals surface area contributed by atoms with Gasteiger partial charge in [0.25, 0.3) is 0 Å². The molecule has 2 aliphatic rings. The largest absolute Gasteiger partial charge is 0.507 e. The SMILES string of the molecule is COc1ccc(C2C(C)NNC2c2ccc(OCCN3CCC(C)CC3)cc2O)cc1OC. The number of nitrogens with one attached hydrogen (secondary N) is 2. The zero-order chi connectivity index (χ0) is 23.4. The molecule has 0 amide bonds. The predicted octanol–water partition coefficient (Wildman–Crippen LogP) is 3.84. The molecule has 2 fully saturated rings. The Balaban J connectivity index is 1.44. The van der Waals surface area contributed by atoms with Crippen LogP contribution in [0.15, 0.2) is 36.4 Å². The van der Waals surface area contributed by atoms with E-state index < -0.39 is 0 Å². The third-order valence-electron chi connectivity index (χ3n) is 7.05. The van der Waals surface area contributed by atoms with Gasteiger partial charge in [0.05, 0.1) is 20.3 Å². The quantitative estimate of drug-likeness (QED) is 0.558. The van der Waals surface area contributed by atoms with Crippen molar-refractivity contribution in [3.05, 3.63) is 47.5 Å².